The first-order chi connectivity index (χ1) is 8.20. The first-order valence-corrected chi connectivity index (χ1v) is 5.77. The van der Waals surface area contributed by atoms with Crippen LogP contribution in [0.5, 0.6) is 0 Å². The average Bonchev–Trinajstić information content (AvgIpc) is 3.00. The third-order valence-corrected chi connectivity index (χ3v) is 2.93. The number of amides is 1. The maximum atomic E-state index is 11.8. The fourth-order valence-electron chi connectivity index (χ4n) is 1.20. The molecule has 90 valence electrons. The molecule has 0 radical (unpaired) electrons. The van der Waals surface area contributed by atoms with Crippen molar-refractivity contribution >= 4 is 17.2 Å². The highest BCUT2D eigenvalue weighted by Crippen LogP contribution is 2.10. The second-order valence-corrected chi connectivity index (χ2v) is 4.24. The number of carbonyl (C=O) groups is 1. The van der Waals surface area contributed by atoms with E-state index in [4.69, 9.17) is 5.73 Å². The van der Waals surface area contributed by atoms with Gasteiger partial charge in [-0.05, 0) is 6.92 Å². The van der Waals surface area contributed by atoms with Crippen LogP contribution >= 0.6 is 11.3 Å². The van der Waals surface area contributed by atoms with Crippen molar-refractivity contribution in [1.29, 1.82) is 0 Å². The number of thiazole rings is 1. The summed E-state index contributed by atoms with van der Waals surface area (Å²) in [6.45, 7) is 2.09. The summed E-state index contributed by atoms with van der Waals surface area (Å²) >= 11 is 1.36. The number of aromatic nitrogens is 5. The number of H-pyrrole nitrogens is 1. The lowest BCUT2D eigenvalue weighted by Crippen LogP contribution is -2.27. The molecule has 8 nitrogen and oxygen atoms in total. The van der Waals surface area contributed by atoms with Crippen LogP contribution in [0.1, 0.15) is 34.3 Å². The van der Waals surface area contributed by atoms with Crippen LogP contribution in [-0.2, 0) is 6.54 Å². The summed E-state index contributed by atoms with van der Waals surface area (Å²) in [5.41, 5.74) is 5.78. The van der Waals surface area contributed by atoms with Gasteiger partial charge in [-0.1, -0.05) is 5.21 Å². The van der Waals surface area contributed by atoms with E-state index in [9.17, 15) is 4.79 Å². The Hall–Kier alpha value is -1.87. The SMILES string of the molecule is CC(NC(=O)c1csc(CN)n1)c1nn[nH]n1. The second-order valence-electron chi connectivity index (χ2n) is 3.30. The third-order valence-electron chi connectivity index (χ3n) is 2.06. The van der Waals surface area contributed by atoms with Crippen LogP contribution in [0.25, 0.3) is 0 Å². The molecule has 0 fully saturated rings. The Bertz CT molecular complexity index is 494. The van der Waals surface area contributed by atoms with Crippen LogP contribution in [0.4, 0.5) is 0 Å². The van der Waals surface area contributed by atoms with Gasteiger partial charge in [0.15, 0.2) is 5.82 Å². The summed E-state index contributed by atoms with van der Waals surface area (Å²) in [7, 11) is 0. The Morgan fingerprint density at radius 2 is 2.53 bits per heavy atom. The van der Waals surface area contributed by atoms with E-state index in [2.05, 4.69) is 30.9 Å². The topological polar surface area (TPSA) is 122 Å². The first kappa shape index (κ1) is 11.6. The van der Waals surface area contributed by atoms with Crippen molar-refractivity contribution in [3.05, 3.63) is 21.9 Å². The maximum Gasteiger partial charge on any atom is 0.271 e. The zero-order valence-corrected chi connectivity index (χ0v) is 9.86. The molecule has 0 aromatic carbocycles. The number of rotatable bonds is 4. The highest BCUT2D eigenvalue weighted by Gasteiger charge is 2.16. The molecule has 1 unspecified atom stereocenters. The number of carbonyl (C=O) groups excluding carboxylic acids is 1. The van der Waals surface area contributed by atoms with Gasteiger partial charge in [-0.25, -0.2) is 4.98 Å². The lowest BCUT2D eigenvalue weighted by molar-refractivity contribution is 0.0934. The summed E-state index contributed by atoms with van der Waals surface area (Å²) in [6.07, 6.45) is 0. The van der Waals surface area contributed by atoms with Gasteiger partial charge >= 0.3 is 0 Å². The highest BCUT2D eigenvalue weighted by atomic mass is 32.1. The molecule has 1 atom stereocenters. The standard InChI is InChI=1S/C8H11N7OS/c1-4(7-12-14-15-13-7)10-8(16)5-3-17-6(2-9)11-5/h3-4H,2,9H2,1H3,(H,10,16)(H,12,13,14,15). The molecule has 4 N–H and O–H groups in total. The van der Waals surface area contributed by atoms with Crippen molar-refractivity contribution in [1.82, 2.24) is 30.9 Å². The predicted octanol–water partition coefficient (Wildman–Crippen LogP) is -0.394. The van der Waals surface area contributed by atoms with Crippen LogP contribution in [-0.4, -0.2) is 31.5 Å². The van der Waals surface area contributed by atoms with Crippen molar-refractivity contribution in [2.24, 2.45) is 5.73 Å². The van der Waals surface area contributed by atoms with E-state index < -0.39 is 0 Å². The number of hydrogen-bond acceptors (Lipinski definition) is 7. The van der Waals surface area contributed by atoms with E-state index in [1.54, 1.807) is 12.3 Å². The molecule has 0 aliphatic rings. The monoisotopic (exact) mass is 253 g/mol. The number of hydrogen-bond donors (Lipinski definition) is 3. The van der Waals surface area contributed by atoms with Gasteiger partial charge in [0.25, 0.3) is 5.91 Å². The van der Waals surface area contributed by atoms with Crippen LogP contribution in [0.3, 0.4) is 0 Å². The summed E-state index contributed by atoms with van der Waals surface area (Å²) in [5.74, 6) is 0.144. The summed E-state index contributed by atoms with van der Waals surface area (Å²) in [5, 5.41) is 18.4. The molecule has 2 rings (SSSR count). The minimum atomic E-state index is -0.329. The molecule has 0 bridgehead atoms. The lowest BCUT2D eigenvalue weighted by atomic mass is 10.3. The first-order valence-electron chi connectivity index (χ1n) is 4.89. The largest absolute Gasteiger partial charge is 0.341 e. The van der Waals surface area contributed by atoms with Gasteiger partial charge < -0.3 is 11.1 Å². The number of nitrogens with two attached hydrogens (primary N) is 1. The van der Waals surface area contributed by atoms with Crippen molar-refractivity contribution in [3.8, 4) is 0 Å². The average molecular weight is 253 g/mol. The van der Waals surface area contributed by atoms with Crippen molar-refractivity contribution in [2.75, 3.05) is 0 Å². The number of nitrogens with one attached hydrogen (secondary N) is 2. The second kappa shape index (κ2) is 4.97. The van der Waals surface area contributed by atoms with Crippen molar-refractivity contribution in [2.45, 2.75) is 19.5 Å². The molecule has 0 aliphatic heterocycles. The summed E-state index contributed by atoms with van der Waals surface area (Å²) in [4.78, 5) is 15.9. The van der Waals surface area contributed by atoms with Crippen LogP contribution in [0.15, 0.2) is 5.38 Å². The fraction of sp³-hybridized carbons (Fsp3) is 0.375. The third kappa shape index (κ3) is 2.63. The van der Waals surface area contributed by atoms with Crippen LogP contribution < -0.4 is 11.1 Å². The number of nitrogens with zero attached hydrogens (tertiary/aromatic N) is 4. The van der Waals surface area contributed by atoms with Gasteiger partial charge in [0.1, 0.15) is 10.7 Å². The Kier molecular flexibility index (Phi) is 3.40. The van der Waals surface area contributed by atoms with Gasteiger partial charge in [0, 0.05) is 11.9 Å². The molecule has 1 amide bonds. The molecule has 0 aliphatic carbocycles. The molecule has 2 aromatic heterocycles. The van der Waals surface area contributed by atoms with E-state index in [0.29, 0.717) is 18.1 Å². The van der Waals surface area contributed by atoms with E-state index in [1.165, 1.54) is 11.3 Å². The minimum Gasteiger partial charge on any atom is -0.341 e. The van der Waals surface area contributed by atoms with Gasteiger partial charge in [-0.3, -0.25) is 4.79 Å². The predicted molar refractivity (Wildman–Crippen MR) is 60.1 cm³/mol. The molecule has 0 saturated carbocycles. The van der Waals surface area contributed by atoms with E-state index in [0.717, 1.165) is 5.01 Å². The normalized spacial score (nSPS) is 12.4. The smallest absolute Gasteiger partial charge is 0.271 e. The zero-order valence-electron chi connectivity index (χ0n) is 9.04. The number of aromatic amines is 1. The molecule has 2 aromatic rings. The van der Waals surface area contributed by atoms with E-state index in [-0.39, 0.29) is 11.9 Å². The van der Waals surface area contributed by atoms with Crippen molar-refractivity contribution in [3.63, 3.8) is 0 Å². The van der Waals surface area contributed by atoms with Crippen molar-refractivity contribution < 1.29 is 4.79 Å². The number of tetrazole rings is 1. The molecular formula is C8H11N7OS. The molecule has 0 saturated heterocycles. The molecular weight excluding hydrogens is 242 g/mol. The Morgan fingerprint density at radius 1 is 1.71 bits per heavy atom. The van der Waals surface area contributed by atoms with Gasteiger partial charge in [-0.15, -0.1) is 21.5 Å². The Balaban J connectivity index is 2.01. The molecule has 17 heavy (non-hydrogen) atoms. The molecule has 2 heterocycles. The lowest BCUT2D eigenvalue weighted by Gasteiger charge is -2.07. The summed E-state index contributed by atoms with van der Waals surface area (Å²) in [6, 6.07) is -0.329. The zero-order chi connectivity index (χ0) is 12.3. The van der Waals surface area contributed by atoms with Gasteiger partial charge in [0.05, 0.1) is 6.04 Å². The molecule has 9 heteroatoms. The fourth-order valence-corrected chi connectivity index (χ4v) is 1.85. The van der Waals surface area contributed by atoms with E-state index in [1.807, 2.05) is 0 Å². The molecule has 0 spiro atoms. The van der Waals surface area contributed by atoms with Gasteiger partial charge in [0.2, 0.25) is 0 Å². The van der Waals surface area contributed by atoms with E-state index >= 15 is 0 Å². The van der Waals surface area contributed by atoms with Gasteiger partial charge in [-0.2, -0.15) is 5.21 Å². The Labute approximate surface area is 101 Å². The summed E-state index contributed by atoms with van der Waals surface area (Å²) < 4.78 is 0. The highest BCUT2D eigenvalue weighted by molar-refractivity contribution is 7.09. The maximum absolute atomic E-state index is 11.8. The minimum absolute atomic E-state index is 0.279. The Morgan fingerprint density at radius 3 is 3.12 bits per heavy atom. The van der Waals surface area contributed by atoms with Crippen LogP contribution in [0, 0.1) is 0 Å². The quantitative estimate of drug-likeness (QED) is 0.681. The van der Waals surface area contributed by atoms with Crippen LogP contribution in [0.2, 0.25) is 0 Å².